The maximum absolute atomic E-state index is 12.6. The molecule has 0 aliphatic heterocycles. The first kappa shape index (κ1) is 20.6. The smallest absolute Gasteiger partial charge is 0.261 e. The van der Waals surface area contributed by atoms with Crippen LogP contribution in [0.2, 0.25) is 0 Å². The van der Waals surface area contributed by atoms with E-state index in [1.165, 1.54) is 24.3 Å². The Labute approximate surface area is 170 Å². The Morgan fingerprint density at radius 3 is 2.31 bits per heavy atom. The fourth-order valence-electron chi connectivity index (χ4n) is 2.82. The molecule has 0 spiro atoms. The van der Waals surface area contributed by atoms with Crippen molar-refractivity contribution in [3.05, 3.63) is 71.4 Å². The molecule has 1 heterocycles. The van der Waals surface area contributed by atoms with E-state index in [4.69, 9.17) is 0 Å². The van der Waals surface area contributed by atoms with Crippen LogP contribution in [-0.4, -0.2) is 24.1 Å². The first-order chi connectivity index (χ1) is 13.7. The number of carbonyl (C=O) groups is 1. The van der Waals surface area contributed by atoms with Crippen molar-refractivity contribution in [3.63, 3.8) is 0 Å². The minimum Gasteiger partial charge on any atom is -0.307 e. The van der Waals surface area contributed by atoms with Crippen LogP contribution in [0, 0.1) is 13.8 Å². The molecule has 3 aromatic rings. The number of nitrogens with zero attached hydrogens (tertiary/aromatic N) is 2. The first-order valence-electron chi connectivity index (χ1n) is 9.22. The third kappa shape index (κ3) is 4.65. The van der Waals surface area contributed by atoms with Crippen LogP contribution in [-0.2, 0) is 10.0 Å². The summed E-state index contributed by atoms with van der Waals surface area (Å²) in [4.78, 5) is 12.6. The first-order valence-corrected chi connectivity index (χ1v) is 10.7. The standard InChI is InChI=1S/C21H24N4O3S/c1-14(2)25-20(11-12-22-25)23-21(26)17-6-9-19(10-7-17)29(27,28)24-18-8-5-15(3)16(4)13-18/h5-14,24H,1-4H3,(H,23,26). The van der Waals surface area contributed by atoms with Gasteiger partial charge in [-0.25, -0.2) is 13.1 Å². The van der Waals surface area contributed by atoms with E-state index >= 15 is 0 Å². The molecule has 1 amide bonds. The van der Waals surface area contributed by atoms with Gasteiger partial charge in [0.1, 0.15) is 5.82 Å². The van der Waals surface area contributed by atoms with Crippen molar-refractivity contribution in [2.24, 2.45) is 0 Å². The molecule has 0 radical (unpaired) electrons. The Hall–Kier alpha value is -3.13. The van der Waals surface area contributed by atoms with E-state index in [2.05, 4.69) is 15.1 Å². The predicted molar refractivity (Wildman–Crippen MR) is 114 cm³/mol. The lowest BCUT2D eigenvalue weighted by molar-refractivity contribution is 0.102. The minimum absolute atomic E-state index is 0.0829. The highest BCUT2D eigenvalue weighted by molar-refractivity contribution is 7.92. The lowest BCUT2D eigenvalue weighted by Gasteiger charge is -2.12. The second-order valence-electron chi connectivity index (χ2n) is 7.14. The van der Waals surface area contributed by atoms with Crippen LogP contribution < -0.4 is 10.0 Å². The molecule has 0 saturated heterocycles. The van der Waals surface area contributed by atoms with Crippen LogP contribution in [0.1, 0.15) is 41.4 Å². The SMILES string of the molecule is Cc1ccc(NS(=O)(=O)c2ccc(C(=O)Nc3ccnn3C(C)C)cc2)cc1C. The van der Waals surface area contributed by atoms with Crippen molar-refractivity contribution in [1.82, 2.24) is 9.78 Å². The molecule has 0 saturated carbocycles. The van der Waals surface area contributed by atoms with Gasteiger partial charge in [0.2, 0.25) is 0 Å². The molecule has 2 N–H and O–H groups in total. The highest BCUT2D eigenvalue weighted by Gasteiger charge is 2.16. The van der Waals surface area contributed by atoms with Crippen molar-refractivity contribution in [2.75, 3.05) is 10.0 Å². The molecule has 0 bridgehead atoms. The monoisotopic (exact) mass is 412 g/mol. The maximum atomic E-state index is 12.6. The zero-order valence-electron chi connectivity index (χ0n) is 16.8. The van der Waals surface area contributed by atoms with Gasteiger partial charge in [0, 0.05) is 23.4 Å². The van der Waals surface area contributed by atoms with Crippen LogP contribution in [0.5, 0.6) is 0 Å². The Morgan fingerprint density at radius 2 is 1.69 bits per heavy atom. The minimum atomic E-state index is -3.75. The molecule has 7 nitrogen and oxygen atoms in total. The second-order valence-corrected chi connectivity index (χ2v) is 8.82. The van der Waals surface area contributed by atoms with E-state index < -0.39 is 10.0 Å². The number of rotatable bonds is 6. The Morgan fingerprint density at radius 1 is 1.00 bits per heavy atom. The van der Waals surface area contributed by atoms with Crippen molar-refractivity contribution in [1.29, 1.82) is 0 Å². The average Bonchev–Trinajstić information content (AvgIpc) is 3.13. The number of aryl methyl sites for hydroxylation is 2. The zero-order valence-corrected chi connectivity index (χ0v) is 17.6. The summed E-state index contributed by atoms with van der Waals surface area (Å²) in [5.41, 5.74) is 2.93. The number of carbonyl (C=O) groups excluding carboxylic acids is 1. The quantitative estimate of drug-likeness (QED) is 0.636. The van der Waals surface area contributed by atoms with Crippen molar-refractivity contribution >= 4 is 27.4 Å². The number of aromatic nitrogens is 2. The van der Waals surface area contributed by atoms with Gasteiger partial charge in [0.05, 0.1) is 11.1 Å². The number of anilines is 2. The number of sulfonamides is 1. The molecule has 1 aromatic heterocycles. The fraction of sp³-hybridized carbons (Fsp3) is 0.238. The zero-order chi connectivity index (χ0) is 21.2. The lowest BCUT2D eigenvalue weighted by Crippen LogP contribution is -2.17. The van der Waals surface area contributed by atoms with Gasteiger partial charge in [0.15, 0.2) is 0 Å². The third-order valence-corrected chi connectivity index (χ3v) is 5.98. The number of nitrogens with one attached hydrogen (secondary N) is 2. The summed E-state index contributed by atoms with van der Waals surface area (Å²) < 4.78 is 29.5. The van der Waals surface area contributed by atoms with Crippen molar-refractivity contribution in [2.45, 2.75) is 38.6 Å². The van der Waals surface area contributed by atoms with Gasteiger partial charge in [-0.2, -0.15) is 5.10 Å². The summed E-state index contributed by atoms with van der Waals surface area (Å²) >= 11 is 0. The van der Waals surface area contributed by atoms with Crippen LogP contribution in [0.3, 0.4) is 0 Å². The van der Waals surface area contributed by atoms with Crippen molar-refractivity contribution < 1.29 is 13.2 Å². The van der Waals surface area contributed by atoms with Crippen LogP contribution in [0.4, 0.5) is 11.5 Å². The maximum Gasteiger partial charge on any atom is 0.261 e. The number of benzene rings is 2. The van der Waals surface area contributed by atoms with Gasteiger partial charge < -0.3 is 5.32 Å². The topological polar surface area (TPSA) is 93.1 Å². The van der Waals surface area contributed by atoms with E-state index in [0.717, 1.165) is 11.1 Å². The summed E-state index contributed by atoms with van der Waals surface area (Å²) in [6.45, 7) is 7.81. The molecule has 0 fully saturated rings. The third-order valence-electron chi connectivity index (χ3n) is 4.59. The lowest BCUT2D eigenvalue weighted by atomic mass is 10.1. The van der Waals surface area contributed by atoms with Gasteiger partial charge in [-0.05, 0) is 75.2 Å². The largest absolute Gasteiger partial charge is 0.307 e. The van der Waals surface area contributed by atoms with E-state index in [9.17, 15) is 13.2 Å². The van der Waals surface area contributed by atoms with Crippen LogP contribution in [0.25, 0.3) is 0 Å². The normalized spacial score (nSPS) is 11.5. The van der Waals surface area contributed by atoms with E-state index in [1.807, 2.05) is 33.8 Å². The fourth-order valence-corrected chi connectivity index (χ4v) is 3.87. The molecule has 0 unspecified atom stereocenters. The summed E-state index contributed by atoms with van der Waals surface area (Å²) in [5.74, 6) is 0.247. The molecule has 8 heteroatoms. The van der Waals surface area contributed by atoms with E-state index in [0.29, 0.717) is 17.1 Å². The summed E-state index contributed by atoms with van der Waals surface area (Å²) in [6.07, 6.45) is 1.61. The molecule has 152 valence electrons. The highest BCUT2D eigenvalue weighted by atomic mass is 32.2. The molecule has 3 rings (SSSR count). The summed E-state index contributed by atoms with van der Waals surface area (Å²) in [5, 5.41) is 6.97. The molecule has 0 aliphatic carbocycles. The number of amides is 1. The van der Waals surface area contributed by atoms with Crippen molar-refractivity contribution in [3.8, 4) is 0 Å². The molecule has 0 aliphatic rings. The number of hydrogen-bond acceptors (Lipinski definition) is 4. The Balaban J connectivity index is 1.75. The van der Waals surface area contributed by atoms with E-state index in [-0.39, 0.29) is 16.8 Å². The molecule has 0 atom stereocenters. The van der Waals surface area contributed by atoms with Crippen LogP contribution >= 0.6 is 0 Å². The summed E-state index contributed by atoms with van der Waals surface area (Å²) in [7, 11) is -3.75. The molecule has 2 aromatic carbocycles. The van der Waals surface area contributed by atoms with E-state index in [1.54, 1.807) is 29.1 Å². The molecular weight excluding hydrogens is 388 g/mol. The van der Waals surface area contributed by atoms with Gasteiger partial charge in [-0.1, -0.05) is 6.07 Å². The van der Waals surface area contributed by atoms with Gasteiger partial charge >= 0.3 is 0 Å². The average molecular weight is 413 g/mol. The molecular formula is C21H24N4O3S. The van der Waals surface area contributed by atoms with Gasteiger partial charge in [-0.3, -0.25) is 9.52 Å². The number of hydrogen-bond donors (Lipinski definition) is 2. The highest BCUT2D eigenvalue weighted by Crippen LogP contribution is 2.20. The molecule has 29 heavy (non-hydrogen) atoms. The Kier molecular flexibility index (Phi) is 5.74. The summed E-state index contributed by atoms with van der Waals surface area (Å²) in [6, 6.07) is 13.0. The second kappa shape index (κ2) is 8.08. The van der Waals surface area contributed by atoms with Gasteiger partial charge in [-0.15, -0.1) is 0 Å². The Bertz CT molecular complexity index is 1130. The van der Waals surface area contributed by atoms with Gasteiger partial charge in [0.25, 0.3) is 15.9 Å². The van der Waals surface area contributed by atoms with Crippen LogP contribution in [0.15, 0.2) is 59.6 Å². The predicted octanol–water partition coefficient (Wildman–Crippen LogP) is 4.13.